The van der Waals surface area contributed by atoms with Gasteiger partial charge in [0.25, 0.3) is 5.91 Å². The van der Waals surface area contributed by atoms with Crippen LogP contribution in [0.4, 0.5) is 5.69 Å². The van der Waals surface area contributed by atoms with E-state index in [0.29, 0.717) is 11.3 Å². The second-order valence-electron chi connectivity index (χ2n) is 4.78. The third kappa shape index (κ3) is 3.72. The summed E-state index contributed by atoms with van der Waals surface area (Å²) >= 11 is 3.32. The van der Waals surface area contributed by atoms with Gasteiger partial charge in [-0.2, -0.15) is 0 Å². The predicted molar refractivity (Wildman–Crippen MR) is 81.4 cm³/mol. The minimum Gasteiger partial charge on any atom is -0.469 e. The average Bonchev–Trinajstić information content (AvgIpc) is 2.40. The SMILES string of the molecule is COC(=O)C(C)CN(C)C(=O)c1cc(Br)cc(N)c1C. The summed E-state index contributed by atoms with van der Waals surface area (Å²) in [6, 6.07) is 3.48. The zero-order valence-corrected chi connectivity index (χ0v) is 13.7. The number of hydrogen-bond acceptors (Lipinski definition) is 4. The number of nitrogens with zero attached hydrogens (tertiary/aromatic N) is 1. The molecule has 0 bridgehead atoms. The highest BCUT2D eigenvalue weighted by molar-refractivity contribution is 9.10. The van der Waals surface area contributed by atoms with E-state index >= 15 is 0 Å². The van der Waals surface area contributed by atoms with Crippen LogP contribution in [0.15, 0.2) is 16.6 Å². The van der Waals surface area contributed by atoms with Crippen LogP contribution in [-0.2, 0) is 9.53 Å². The van der Waals surface area contributed by atoms with E-state index in [4.69, 9.17) is 5.73 Å². The molecule has 20 heavy (non-hydrogen) atoms. The maximum absolute atomic E-state index is 12.4. The fourth-order valence-corrected chi connectivity index (χ4v) is 2.37. The fourth-order valence-electron chi connectivity index (χ4n) is 1.90. The van der Waals surface area contributed by atoms with E-state index in [1.54, 1.807) is 33.0 Å². The number of methoxy groups -OCH3 is 1. The van der Waals surface area contributed by atoms with Crippen molar-refractivity contribution < 1.29 is 14.3 Å². The van der Waals surface area contributed by atoms with Crippen molar-refractivity contribution in [3.63, 3.8) is 0 Å². The lowest BCUT2D eigenvalue weighted by molar-refractivity contribution is -0.145. The Kier molecular flexibility index (Phi) is 5.56. The molecular formula is C14H19BrN2O3. The van der Waals surface area contributed by atoms with Gasteiger partial charge in [0.1, 0.15) is 0 Å². The van der Waals surface area contributed by atoms with Crippen LogP contribution in [0.2, 0.25) is 0 Å². The molecule has 0 aliphatic rings. The zero-order valence-electron chi connectivity index (χ0n) is 12.1. The van der Waals surface area contributed by atoms with Gasteiger partial charge in [0.15, 0.2) is 0 Å². The summed E-state index contributed by atoms with van der Waals surface area (Å²) in [7, 11) is 2.98. The molecular weight excluding hydrogens is 324 g/mol. The summed E-state index contributed by atoms with van der Waals surface area (Å²) < 4.78 is 5.40. The quantitative estimate of drug-likeness (QED) is 0.672. The molecule has 0 radical (unpaired) electrons. The molecule has 0 heterocycles. The molecule has 0 saturated heterocycles. The molecule has 1 amide bonds. The van der Waals surface area contributed by atoms with Crippen molar-refractivity contribution in [1.29, 1.82) is 0 Å². The first-order chi connectivity index (χ1) is 9.27. The van der Waals surface area contributed by atoms with Crippen molar-refractivity contribution in [2.24, 2.45) is 5.92 Å². The fraction of sp³-hybridized carbons (Fsp3) is 0.429. The summed E-state index contributed by atoms with van der Waals surface area (Å²) in [6.07, 6.45) is 0. The lowest BCUT2D eigenvalue weighted by atomic mass is 10.1. The van der Waals surface area contributed by atoms with Crippen LogP contribution < -0.4 is 5.73 Å². The molecule has 0 aromatic heterocycles. The van der Waals surface area contributed by atoms with Gasteiger partial charge >= 0.3 is 5.97 Å². The van der Waals surface area contributed by atoms with Crippen LogP contribution in [0.1, 0.15) is 22.8 Å². The number of benzene rings is 1. The first-order valence-corrected chi connectivity index (χ1v) is 6.96. The van der Waals surface area contributed by atoms with Gasteiger partial charge in [-0.15, -0.1) is 0 Å². The number of anilines is 1. The Labute approximate surface area is 127 Å². The number of nitrogens with two attached hydrogens (primary N) is 1. The van der Waals surface area contributed by atoms with Crippen LogP contribution in [0.25, 0.3) is 0 Å². The predicted octanol–water partition coefficient (Wildman–Crippen LogP) is 2.22. The van der Waals surface area contributed by atoms with Crippen molar-refractivity contribution in [2.45, 2.75) is 13.8 Å². The van der Waals surface area contributed by atoms with E-state index in [2.05, 4.69) is 20.7 Å². The second kappa shape index (κ2) is 6.74. The van der Waals surface area contributed by atoms with Crippen molar-refractivity contribution in [3.8, 4) is 0 Å². The minimum atomic E-state index is -0.376. The lowest BCUT2D eigenvalue weighted by Gasteiger charge is -2.21. The van der Waals surface area contributed by atoms with Crippen molar-refractivity contribution in [2.75, 3.05) is 26.4 Å². The molecule has 1 aromatic carbocycles. The van der Waals surface area contributed by atoms with Crippen molar-refractivity contribution in [3.05, 3.63) is 27.7 Å². The molecule has 0 fully saturated rings. The lowest BCUT2D eigenvalue weighted by Crippen LogP contribution is -2.34. The van der Waals surface area contributed by atoms with Crippen LogP contribution >= 0.6 is 15.9 Å². The van der Waals surface area contributed by atoms with Gasteiger partial charge in [0.2, 0.25) is 0 Å². The number of amides is 1. The average molecular weight is 343 g/mol. The summed E-state index contributed by atoms with van der Waals surface area (Å²) in [6.45, 7) is 3.81. The molecule has 0 saturated carbocycles. The molecule has 5 nitrogen and oxygen atoms in total. The first kappa shape index (κ1) is 16.5. The number of halogens is 1. The van der Waals surface area contributed by atoms with Crippen molar-refractivity contribution in [1.82, 2.24) is 4.90 Å². The van der Waals surface area contributed by atoms with E-state index in [1.807, 2.05) is 0 Å². The Morgan fingerprint density at radius 3 is 2.60 bits per heavy atom. The third-order valence-corrected chi connectivity index (χ3v) is 3.60. The van der Waals surface area contributed by atoms with Gasteiger partial charge in [-0.3, -0.25) is 9.59 Å². The highest BCUT2D eigenvalue weighted by atomic mass is 79.9. The molecule has 0 spiro atoms. The van der Waals surface area contributed by atoms with Gasteiger partial charge in [0, 0.05) is 29.3 Å². The van der Waals surface area contributed by atoms with Crippen LogP contribution in [0, 0.1) is 12.8 Å². The Balaban J connectivity index is 2.93. The number of rotatable bonds is 4. The van der Waals surface area contributed by atoms with Crippen molar-refractivity contribution >= 4 is 33.5 Å². The molecule has 1 rings (SSSR count). The smallest absolute Gasteiger partial charge is 0.310 e. The van der Waals surface area contributed by atoms with E-state index in [-0.39, 0.29) is 24.3 Å². The monoisotopic (exact) mass is 342 g/mol. The largest absolute Gasteiger partial charge is 0.469 e. The topological polar surface area (TPSA) is 72.6 Å². The second-order valence-corrected chi connectivity index (χ2v) is 5.69. The van der Waals surface area contributed by atoms with Gasteiger partial charge in [0.05, 0.1) is 13.0 Å². The third-order valence-electron chi connectivity index (χ3n) is 3.14. The van der Waals surface area contributed by atoms with Gasteiger partial charge < -0.3 is 15.4 Å². The highest BCUT2D eigenvalue weighted by Gasteiger charge is 2.21. The van der Waals surface area contributed by atoms with Crippen LogP contribution in [0.5, 0.6) is 0 Å². The van der Waals surface area contributed by atoms with E-state index in [0.717, 1.165) is 10.0 Å². The molecule has 1 unspecified atom stereocenters. The normalized spacial score (nSPS) is 11.8. The number of hydrogen-bond donors (Lipinski definition) is 1. The number of carbonyl (C=O) groups is 2. The standard InChI is InChI=1S/C14H19BrN2O3/c1-8(14(19)20-4)7-17(3)13(18)11-5-10(15)6-12(16)9(11)2/h5-6,8H,7,16H2,1-4H3. The summed E-state index contributed by atoms with van der Waals surface area (Å²) in [5, 5.41) is 0. The van der Waals surface area contributed by atoms with Crippen LogP contribution in [-0.4, -0.2) is 37.5 Å². The highest BCUT2D eigenvalue weighted by Crippen LogP contribution is 2.24. The van der Waals surface area contributed by atoms with E-state index in [9.17, 15) is 9.59 Å². The molecule has 6 heteroatoms. The summed E-state index contributed by atoms with van der Waals surface area (Å²) in [5.41, 5.74) is 7.67. The zero-order chi connectivity index (χ0) is 15.4. The number of nitrogen functional groups attached to an aromatic ring is 1. The molecule has 0 aliphatic heterocycles. The summed E-state index contributed by atoms with van der Waals surface area (Å²) in [5.74, 6) is -0.889. The van der Waals surface area contributed by atoms with E-state index < -0.39 is 0 Å². The summed E-state index contributed by atoms with van der Waals surface area (Å²) in [4.78, 5) is 25.3. The number of ether oxygens (including phenoxy) is 1. The number of carbonyl (C=O) groups excluding carboxylic acids is 2. The minimum absolute atomic E-state index is 0.175. The molecule has 1 atom stereocenters. The van der Waals surface area contributed by atoms with Crippen LogP contribution in [0.3, 0.4) is 0 Å². The van der Waals surface area contributed by atoms with Gasteiger partial charge in [-0.05, 0) is 24.6 Å². The Morgan fingerprint density at radius 2 is 2.05 bits per heavy atom. The number of esters is 1. The maximum Gasteiger partial charge on any atom is 0.310 e. The molecule has 110 valence electrons. The Hall–Kier alpha value is -1.56. The maximum atomic E-state index is 12.4. The molecule has 1 aromatic rings. The van der Waals surface area contributed by atoms with E-state index in [1.165, 1.54) is 12.0 Å². The van der Waals surface area contributed by atoms with Gasteiger partial charge in [-0.25, -0.2) is 0 Å². The first-order valence-electron chi connectivity index (χ1n) is 6.16. The van der Waals surface area contributed by atoms with Gasteiger partial charge in [-0.1, -0.05) is 22.9 Å². The molecule has 2 N–H and O–H groups in total. The molecule has 0 aliphatic carbocycles. The Bertz CT molecular complexity index is 531. The Morgan fingerprint density at radius 1 is 1.45 bits per heavy atom.